The fourth-order valence-electron chi connectivity index (χ4n) is 1.92. The quantitative estimate of drug-likeness (QED) is 0.788. The molecule has 0 radical (unpaired) electrons. The van der Waals surface area contributed by atoms with Crippen LogP contribution in [-0.2, 0) is 0 Å². The smallest absolute Gasteiger partial charge is 0.204 e. The van der Waals surface area contributed by atoms with Gasteiger partial charge in [0.05, 0.1) is 18.8 Å². The van der Waals surface area contributed by atoms with Crippen LogP contribution in [0, 0.1) is 0 Å². The summed E-state index contributed by atoms with van der Waals surface area (Å²) in [6.07, 6.45) is 1.59. The van der Waals surface area contributed by atoms with E-state index in [-0.39, 0.29) is 11.8 Å². The summed E-state index contributed by atoms with van der Waals surface area (Å²) in [5.41, 5.74) is -0.104. The van der Waals surface area contributed by atoms with E-state index in [1.54, 1.807) is 18.0 Å². The molecule has 1 aromatic rings. The van der Waals surface area contributed by atoms with E-state index in [2.05, 4.69) is 10.4 Å². The number of carbonyl (C=O) groups excluding carboxylic acids is 1. The van der Waals surface area contributed by atoms with Crippen molar-refractivity contribution >= 4 is 5.78 Å². The van der Waals surface area contributed by atoms with Crippen LogP contribution in [0.4, 0.5) is 0 Å². The molecule has 0 atom stereocenters. The summed E-state index contributed by atoms with van der Waals surface area (Å²) in [7, 11) is 1.55. The number of aromatic nitrogens is 2. The maximum absolute atomic E-state index is 12.6. The molecular formula is C13H23N3O2. The van der Waals surface area contributed by atoms with Gasteiger partial charge in [0.2, 0.25) is 5.78 Å². The molecule has 0 aromatic carbocycles. The monoisotopic (exact) mass is 253 g/mol. The second kappa shape index (κ2) is 5.52. The highest BCUT2D eigenvalue weighted by molar-refractivity contribution is 6.03. The summed E-state index contributed by atoms with van der Waals surface area (Å²) < 4.78 is 6.95. The first-order valence-corrected chi connectivity index (χ1v) is 6.26. The predicted octanol–water partition coefficient (Wildman–Crippen LogP) is 2.04. The van der Waals surface area contributed by atoms with Gasteiger partial charge in [-0.15, -0.1) is 0 Å². The molecule has 0 saturated carbocycles. The van der Waals surface area contributed by atoms with Gasteiger partial charge in [0, 0.05) is 6.04 Å². The molecule has 1 aromatic heterocycles. The Kier molecular flexibility index (Phi) is 4.51. The molecule has 0 aliphatic rings. The van der Waals surface area contributed by atoms with E-state index in [0.717, 1.165) is 6.54 Å². The number of methoxy groups -OCH3 is 1. The highest BCUT2D eigenvalue weighted by Crippen LogP contribution is 2.25. The molecule has 0 spiro atoms. The summed E-state index contributed by atoms with van der Waals surface area (Å²) >= 11 is 0. The molecule has 5 heteroatoms. The first-order chi connectivity index (χ1) is 8.35. The van der Waals surface area contributed by atoms with Crippen molar-refractivity contribution < 1.29 is 9.53 Å². The minimum Gasteiger partial charge on any atom is -0.493 e. The van der Waals surface area contributed by atoms with Crippen molar-refractivity contribution in [2.24, 2.45) is 0 Å². The molecule has 18 heavy (non-hydrogen) atoms. The molecule has 5 nitrogen and oxygen atoms in total. The van der Waals surface area contributed by atoms with Crippen LogP contribution in [0.5, 0.6) is 5.75 Å². The van der Waals surface area contributed by atoms with Crippen LogP contribution in [0.1, 0.15) is 51.1 Å². The summed E-state index contributed by atoms with van der Waals surface area (Å²) in [5, 5.41) is 7.41. The lowest BCUT2D eigenvalue weighted by molar-refractivity contribution is 0.0867. The zero-order chi connectivity index (χ0) is 13.9. The summed E-state index contributed by atoms with van der Waals surface area (Å²) in [4.78, 5) is 12.6. The average molecular weight is 253 g/mol. The molecule has 0 saturated heterocycles. The lowest BCUT2D eigenvalue weighted by Gasteiger charge is -2.25. The summed E-state index contributed by atoms with van der Waals surface area (Å²) in [6.45, 7) is 10.4. The largest absolute Gasteiger partial charge is 0.493 e. The summed E-state index contributed by atoms with van der Waals surface area (Å²) in [5.74, 6) is 0.520. The van der Waals surface area contributed by atoms with Gasteiger partial charge in [0.1, 0.15) is 5.69 Å². The van der Waals surface area contributed by atoms with E-state index < -0.39 is 5.54 Å². The number of nitrogens with zero attached hydrogens (tertiary/aromatic N) is 2. The number of hydrogen-bond acceptors (Lipinski definition) is 4. The van der Waals surface area contributed by atoms with Gasteiger partial charge in [0.25, 0.3) is 0 Å². The van der Waals surface area contributed by atoms with Crippen LogP contribution in [0.15, 0.2) is 6.20 Å². The van der Waals surface area contributed by atoms with E-state index >= 15 is 0 Å². The Labute approximate surface area is 109 Å². The van der Waals surface area contributed by atoms with Crippen LogP contribution in [-0.4, -0.2) is 34.8 Å². The number of ether oxygens (including phenoxy) is 1. The predicted molar refractivity (Wildman–Crippen MR) is 71.3 cm³/mol. The van der Waals surface area contributed by atoms with Gasteiger partial charge >= 0.3 is 0 Å². The van der Waals surface area contributed by atoms with Crippen LogP contribution in [0.25, 0.3) is 0 Å². The van der Waals surface area contributed by atoms with Gasteiger partial charge in [-0.05, 0) is 34.2 Å². The highest BCUT2D eigenvalue weighted by atomic mass is 16.5. The highest BCUT2D eigenvalue weighted by Gasteiger charge is 2.33. The molecule has 1 rings (SSSR count). The number of rotatable bonds is 6. The minimum atomic E-state index is -0.630. The van der Waals surface area contributed by atoms with Gasteiger partial charge in [-0.3, -0.25) is 9.48 Å². The topological polar surface area (TPSA) is 56.1 Å². The lowest BCUT2D eigenvalue weighted by Crippen LogP contribution is -2.47. The van der Waals surface area contributed by atoms with Gasteiger partial charge in [-0.25, -0.2) is 0 Å². The van der Waals surface area contributed by atoms with Crippen molar-refractivity contribution in [2.75, 3.05) is 13.7 Å². The van der Waals surface area contributed by atoms with Crippen molar-refractivity contribution in [1.29, 1.82) is 0 Å². The second-order valence-corrected chi connectivity index (χ2v) is 5.08. The normalized spacial score (nSPS) is 11.9. The molecule has 0 bridgehead atoms. The maximum atomic E-state index is 12.6. The van der Waals surface area contributed by atoms with Crippen molar-refractivity contribution in [2.45, 2.75) is 46.2 Å². The van der Waals surface area contributed by atoms with Gasteiger partial charge in [-0.1, -0.05) is 6.92 Å². The Morgan fingerprint density at radius 1 is 1.56 bits per heavy atom. The number of carbonyl (C=O) groups is 1. The van der Waals surface area contributed by atoms with Gasteiger partial charge in [-0.2, -0.15) is 5.10 Å². The number of nitrogens with one attached hydrogen (secondary N) is 1. The fraction of sp³-hybridized carbons (Fsp3) is 0.692. The molecule has 0 unspecified atom stereocenters. The molecule has 102 valence electrons. The Bertz CT molecular complexity index is 422. The Morgan fingerprint density at radius 3 is 2.61 bits per heavy atom. The van der Waals surface area contributed by atoms with Crippen molar-refractivity contribution in [1.82, 2.24) is 15.1 Å². The number of ketones is 1. The number of Topliss-reactive ketones (excluding diaryl/α,β-unsaturated/α-hetero) is 1. The van der Waals surface area contributed by atoms with E-state index in [1.165, 1.54) is 0 Å². The maximum Gasteiger partial charge on any atom is 0.204 e. The molecule has 0 fully saturated rings. The third-order valence-electron chi connectivity index (χ3n) is 2.87. The molecule has 1 heterocycles. The van der Waals surface area contributed by atoms with Crippen LogP contribution < -0.4 is 10.1 Å². The molecular weight excluding hydrogens is 230 g/mol. The third-order valence-corrected chi connectivity index (χ3v) is 2.87. The standard InChI is InChI=1S/C13H23N3O2/c1-7-14-13(4,5)12(17)11-10(18-6)8-15-16(11)9(2)3/h8-9,14H,7H2,1-6H3. The molecule has 1 N–H and O–H groups in total. The third kappa shape index (κ3) is 2.72. The van der Waals surface area contributed by atoms with Gasteiger partial charge in [0.15, 0.2) is 5.75 Å². The van der Waals surface area contributed by atoms with Gasteiger partial charge < -0.3 is 10.1 Å². The lowest BCUT2D eigenvalue weighted by atomic mass is 9.96. The molecule has 0 aliphatic carbocycles. The Balaban J connectivity index is 3.22. The second-order valence-electron chi connectivity index (χ2n) is 5.08. The van der Waals surface area contributed by atoms with Crippen molar-refractivity contribution in [3.8, 4) is 5.75 Å². The number of likely N-dealkylation sites (N-methyl/N-ethyl adjacent to an activating group) is 1. The van der Waals surface area contributed by atoms with E-state index in [4.69, 9.17) is 4.74 Å². The van der Waals surface area contributed by atoms with Crippen LogP contribution in [0.3, 0.4) is 0 Å². The Hall–Kier alpha value is -1.36. The summed E-state index contributed by atoms with van der Waals surface area (Å²) in [6, 6.07) is 0.116. The fourth-order valence-corrected chi connectivity index (χ4v) is 1.92. The van der Waals surface area contributed by atoms with Crippen LogP contribution >= 0.6 is 0 Å². The average Bonchev–Trinajstić information content (AvgIpc) is 2.71. The molecule has 0 amide bonds. The van der Waals surface area contributed by atoms with Crippen LogP contribution in [0.2, 0.25) is 0 Å². The first-order valence-electron chi connectivity index (χ1n) is 6.26. The van der Waals surface area contributed by atoms with E-state index in [9.17, 15) is 4.79 Å². The first kappa shape index (κ1) is 14.7. The van der Waals surface area contributed by atoms with Crippen molar-refractivity contribution in [3.63, 3.8) is 0 Å². The van der Waals surface area contributed by atoms with Crippen molar-refractivity contribution in [3.05, 3.63) is 11.9 Å². The van der Waals surface area contributed by atoms with E-state index in [0.29, 0.717) is 11.4 Å². The number of hydrogen-bond donors (Lipinski definition) is 1. The SMILES string of the molecule is CCNC(C)(C)C(=O)c1c(OC)cnn1C(C)C. The molecule has 0 aliphatic heterocycles. The Morgan fingerprint density at radius 2 is 2.17 bits per heavy atom. The minimum absolute atomic E-state index is 0.00704. The zero-order valence-corrected chi connectivity index (χ0v) is 12.1. The zero-order valence-electron chi connectivity index (χ0n) is 12.1. The van der Waals surface area contributed by atoms with E-state index in [1.807, 2.05) is 34.6 Å².